The molecule has 134 valence electrons. The first-order chi connectivity index (χ1) is 13.1. The maximum absolute atomic E-state index is 12.4. The van der Waals surface area contributed by atoms with Crippen molar-refractivity contribution in [1.82, 2.24) is 30.5 Å². The number of pyridine rings is 1. The van der Waals surface area contributed by atoms with Gasteiger partial charge >= 0.3 is 6.01 Å². The predicted molar refractivity (Wildman–Crippen MR) is 97.6 cm³/mol. The molecule has 27 heavy (non-hydrogen) atoms. The molecule has 0 fully saturated rings. The van der Waals surface area contributed by atoms with Gasteiger partial charge in [-0.3, -0.25) is 15.2 Å². The largest absolute Gasteiger partial charge is 0.340 e. The van der Waals surface area contributed by atoms with E-state index in [2.05, 4.69) is 35.9 Å². The van der Waals surface area contributed by atoms with Crippen LogP contribution in [-0.2, 0) is 0 Å². The fourth-order valence-corrected chi connectivity index (χ4v) is 2.45. The third kappa shape index (κ3) is 3.43. The molecular formula is C18H15N7O2. The van der Waals surface area contributed by atoms with Crippen molar-refractivity contribution in [3.05, 3.63) is 59.7 Å². The third-order valence-corrected chi connectivity index (χ3v) is 3.99. The van der Waals surface area contributed by atoms with E-state index in [4.69, 9.17) is 4.52 Å². The van der Waals surface area contributed by atoms with Crippen LogP contribution in [0.3, 0.4) is 0 Å². The van der Waals surface area contributed by atoms with Crippen LogP contribution in [0.15, 0.2) is 47.2 Å². The molecule has 1 amide bonds. The standard InChI is InChI=1S/C18H15N7O2/c1-10-11(2)21-15-9-13(3-4-14(15)20-10)17(26)23-24-18-22-16(25-27-18)12-5-7-19-8-6-12/h3-9H,1-2H3,(H,23,26)(H,22,24,25). The zero-order valence-electron chi connectivity index (χ0n) is 14.6. The Labute approximate surface area is 153 Å². The number of carbonyl (C=O) groups excluding carboxylic acids is 1. The van der Waals surface area contributed by atoms with Crippen LogP contribution in [0.2, 0.25) is 0 Å². The molecule has 2 N–H and O–H groups in total. The molecule has 9 nitrogen and oxygen atoms in total. The first-order valence-corrected chi connectivity index (χ1v) is 8.15. The van der Waals surface area contributed by atoms with Crippen molar-refractivity contribution in [2.24, 2.45) is 0 Å². The van der Waals surface area contributed by atoms with Gasteiger partial charge in [-0.1, -0.05) is 5.16 Å². The third-order valence-electron chi connectivity index (χ3n) is 3.99. The summed E-state index contributed by atoms with van der Waals surface area (Å²) in [7, 11) is 0. The van der Waals surface area contributed by atoms with Crippen molar-refractivity contribution in [2.45, 2.75) is 13.8 Å². The van der Waals surface area contributed by atoms with E-state index in [9.17, 15) is 4.79 Å². The Morgan fingerprint density at radius 3 is 2.48 bits per heavy atom. The number of aryl methyl sites for hydroxylation is 2. The molecule has 4 aromatic rings. The zero-order chi connectivity index (χ0) is 18.8. The van der Waals surface area contributed by atoms with Crippen LogP contribution in [0, 0.1) is 13.8 Å². The van der Waals surface area contributed by atoms with Gasteiger partial charge in [0.2, 0.25) is 5.82 Å². The highest BCUT2D eigenvalue weighted by Crippen LogP contribution is 2.16. The Kier molecular flexibility index (Phi) is 4.17. The molecule has 0 aliphatic heterocycles. The molecule has 3 aromatic heterocycles. The molecule has 0 bridgehead atoms. The minimum atomic E-state index is -0.361. The van der Waals surface area contributed by atoms with E-state index in [0.717, 1.165) is 22.5 Å². The molecule has 0 radical (unpaired) electrons. The van der Waals surface area contributed by atoms with Gasteiger partial charge in [0.15, 0.2) is 0 Å². The summed E-state index contributed by atoms with van der Waals surface area (Å²) in [6.07, 6.45) is 3.26. The maximum atomic E-state index is 12.4. The van der Waals surface area contributed by atoms with Gasteiger partial charge < -0.3 is 4.52 Å². The Hall–Kier alpha value is -3.88. The average molecular weight is 361 g/mol. The molecule has 0 unspecified atom stereocenters. The molecule has 9 heteroatoms. The van der Waals surface area contributed by atoms with Gasteiger partial charge in [0.25, 0.3) is 5.91 Å². The smallest absolute Gasteiger partial charge is 0.313 e. The lowest BCUT2D eigenvalue weighted by atomic mass is 10.1. The normalized spacial score (nSPS) is 10.7. The number of rotatable bonds is 4. The van der Waals surface area contributed by atoms with E-state index in [1.807, 2.05) is 13.8 Å². The van der Waals surface area contributed by atoms with Crippen molar-refractivity contribution in [1.29, 1.82) is 0 Å². The van der Waals surface area contributed by atoms with Crippen LogP contribution in [0.4, 0.5) is 6.01 Å². The van der Waals surface area contributed by atoms with Crippen molar-refractivity contribution in [3.8, 4) is 11.4 Å². The molecular weight excluding hydrogens is 346 g/mol. The van der Waals surface area contributed by atoms with Crippen LogP contribution < -0.4 is 10.9 Å². The highest BCUT2D eigenvalue weighted by atomic mass is 16.5. The fraction of sp³-hybridized carbons (Fsp3) is 0.111. The molecule has 4 rings (SSSR count). The second-order valence-corrected chi connectivity index (χ2v) is 5.84. The van der Waals surface area contributed by atoms with E-state index in [1.54, 1.807) is 42.7 Å². The predicted octanol–water partition coefficient (Wildman–Crippen LogP) is 2.45. The number of aromatic nitrogens is 5. The quantitative estimate of drug-likeness (QED) is 0.532. The lowest BCUT2D eigenvalue weighted by Crippen LogP contribution is -2.29. The number of nitrogens with zero attached hydrogens (tertiary/aromatic N) is 5. The summed E-state index contributed by atoms with van der Waals surface area (Å²) in [5.41, 5.74) is 9.41. The number of hydrazine groups is 1. The summed E-state index contributed by atoms with van der Waals surface area (Å²) in [5, 5.41) is 3.85. The Balaban J connectivity index is 1.47. The monoisotopic (exact) mass is 361 g/mol. The summed E-state index contributed by atoms with van der Waals surface area (Å²) < 4.78 is 5.07. The van der Waals surface area contributed by atoms with Gasteiger partial charge in [0.05, 0.1) is 22.4 Å². The van der Waals surface area contributed by atoms with Gasteiger partial charge in [-0.25, -0.2) is 15.4 Å². The number of anilines is 1. The van der Waals surface area contributed by atoms with Gasteiger partial charge in [-0.15, -0.1) is 0 Å². The van der Waals surface area contributed by atoms with E-state index < -0.39 is 0 Å². The topological polar surface area (TPSA) is 119 Å². The van der Waals surface area contributed by atoms with Crippen LogP contribution in [-0.4, -0.2) is 31.0 Å². The Morgan fingerprint density at radius 1 is 0.963 bits per heavy atom. The number of nitrogens with one attached hydrogen (secondary N) is 2. The molecule has 0 aliphatic carbocycles. The molecule has 0 atom stereocenters. The highest BCUT2D eigenvalue weighted by molar-refractivity contribution is 5.97. The summed E-state index contributed by atoms with van der Waals surface area (Å²) in [6.45, 7) is 3.78. The van der Waals surface area contributed by atoms with E-state index >= 15 is 0 Å². The second-order valence-electron chi connectivity index (χ2n) is 5.84. The van der Waals surface area contributed by atoms with E-state index in [1.165, 1.54) is 0 Å². The fourth-order valence-electron chi connectivity index (χ4n) is 2.45. The molecule has 0 saturated carbocycles. The van der Waals surface area contributed by atoms with E-state index in [0.29, 0.717) is 16.9 Å². The number of amides is 1. The Bertz CT molecular complexity index is 1130. The zero-order valence-corrected chi connectivity index (χ0v) is 14.6. The minimum absolute atomic E-state index is 0.0715. The maximum Gasteiger partial charge on any atom is 0.340 e. The summed E-state index contributed by atoms with van der Waals surface area (Å²) >= 11 is 0. The highest BCUT2D eigenvalue weighted by Gasteiger charge is 2.11. The summed E-state index contributed by atoms with van der Waals surface area (Å²) in [4.78, 5) is 29.4. The first-order valence-electron chi connectivity index (χ1n) is 8.15. The minimum Gasteiger partial charge on any atom is -0.313 e. The number of hydrogen-bond acceptors (Lipinski definition) is 8. The van der Waals surface area contributed by atoms with Crippen molar-refractivity contribution in [3.63, 3.8) is 0 Å². The number of fused-ring (bicyclic) bond motifs is 1. The summed E-state index contributed by atoms with van der Waals surface area (Å²) in [6, 6.07) is 8.71. The van der Waals surface area contributed by atoms with Gasteiger partial charge in [-0.05, 0) is 44.2 Å². The average Bonchev–Trinajstić information content (AvgIpc) is 3.16. The molecule has 0 spiro atoms. The lowest BCUT2D eigenvalue weighted by molar-refractivity contribution is 0.0961. The van der Waals surface area contributed by atoms with Crippen molar-refractivity contribution < 1.29 is 9.32 Å². The van der Waals surface area contributed by atoms with Crippen molar-refractivity contribution >= 4 is 23.0 Å². The molecule has 3 heterocycles. The van der Waals surface area contributed by atoms with Crippen LogP contribution in [0.1, 0.15) is 21.7 Å². The molecule has 0 saturated heterocycles. The van der Waals surface area contributed by atoms with Crippen molar-refractivity contribution in [2.75, 3.05) is 5.43 Å². The molecule has 1 aromatic carbocycles. The Morgan fingerprint density at radius 2 is 1.70 bits per heavy atom. The number of hydrogen-bond donors (Lipinski definition) is 2. The SMILES string of the molecule is Cc1nc2ccc(C(=O)NNc3nc(-c4ccncc4)no3)cc2nc1C. The van der Waals surface area contributed by atoms with Crippen LogP contribution in [0.25, 0.3) is 22.4 Å². The van der Waals surface area contributed by atoms with Gasteiger partial charge in [-0.2, -0.15) is 4.98 Å². The summed E-state index contributed by atoms with van der Waals surface area (Å²) in [5.74, 6) is 0.0292. The molecule has 0 aliphatic rings. The lowest BCUT2D eigenvalue weighted by Gasteiger charge is -2.06. The van der Waals surface area contributed by atoms with Crippen LogP contribution in [0.5, 0.6) is 0 Å². The van der Waals surface area contributed by atoms with Crippen LogP contribution >= 0.6 is 0 Å². The van der Waals surface area contributed by atoms with E-state index in [-0.39, 0.29) is 11.9 Å². The second kappa shape index (κ2) is 6.79. The number of carbonyl (C=O) groups is 1. The van der Waals surface area contributed by atoms with Gasteiger partial charge in [0.1, 0.15) is 0 Å². The first kappa shape index (κ1) is 16.6. The van der Waals surface area contributed by atoms with Gasteiger partial charge in [0, 0.05) is 23.5 Å². The number of benzene rings is 1.